The van der Waals surface area contributed by atoms with Crippen LogP contribution in [0.4, 0.5) is 10.1 Å². The number of anilines is 1. The third kappa shape index (κ3) is 4.36. The molecular weight excluding hydrogens is 353 g/mol. The summed E-state index contributed by atoms with van der Waals surface area (Å²) in [6.45, 7) is -0.151. The van der Waals surface area contributed by atoms with Gasteiger partial charge in [-0.05, 0) is 40.2 Å². The molecule has 114 valence electrons. The highest BCUT2D eigenvalue weighted by Gasteiger charge is 2.15. The van der Waals surface area contributed by atoms with Crippen molar-refractivity contribution in [2.24, 2.45) is 0 Å². The topological polar surface area (TPSA) is 62.3 Å². The van der Waals surface area contributed by atoms with Gasteiger partial charge in [-0.15, -0.1) is 0 Å². The summed E-state index contributed by atoms with van der Waals surface area (Å²) in [5.74, 6) is -1.19. The van der Waals surface area contributed by atoms with Crippen LogP contribution < -0.4 is 5.32 Å². The van der Waals surface area contributed by atoms with Crippen molar-refractivity contribution in [1.82, 2.24) is 9.88 Å². The van der Waals surface area contributed by atoms with E-state index in [9.17, 15) is 14.0 Å². The van der Waals surface area contributed by atoms with Crippen molar-refractivity contribution < 1.29 is 14.0 Å². The highest BCUT2D eigenvalue weighted by Crippen LogP contribution is 2.12. The lowest BCUT2D eigenvalue weighted by Gasteiger charge is -2.16. The van der Waals surface area contributed by atoms with E-state index in [-0.39, 0.29) is 12.5 Å². The fourth-order valence-electron chi connectivity index (χ4n) is 1.80. The Morgan fingerprint density at radius 3 is 2.77 bits per heavy atom. The van der Waals surface area contributed by atoms with Crippen molar-refractivity contribution in [3.8, 4) is 0 Å². The lowest BCUT2D eigenvalue weighted by atomic mass is 10.2. The number of benzene rings is 1. The van der Waals surface area contributed by atoms with Crippen molar-refractivity contribution in [1.29, 1.82) is 0 Å². The Balaban J connectivity index is 1.97. The Morgan fingerprint density at radius 2 is 2.09 bits per heavy atom. The van der Waals surface area contributed by atoms with Gasteiger partial charge in [-0.25, -0.2) is 4.39 Å². The van der Waals surface area contributed by atoms with Crippen LogP contribution in [0, 0.1) is 5.82 Å². The molecule has 1 aromatic carbocycles. The molecule has 0 aliphatic rings. The SMILES string of the molecule is CN(CC(=O)Nc1cccc(F)c1)C(=O)c1cncc(Br)c1. The van der Waals surface area contributed by atoms with Crippen molar-refractivity contribution in [3.63, 3.8) is 0 Å². The van der Waals surface area contributed by atoms with Gasteiger partial charge >= 0.3 is 0 Å². The average Bonchev–Trinajstić information content (AvgIpc) is 2.46. The summed E-state index contributed by atoms with van der Waals surface area (Å²) in [5.41, 5.74) is 0.713. The normalized spacial score (nSPS) is 10.1. The van der Waals surface area contributed by atoms with Crippen LogP contribution in [0.1, 0.15) is 10.4 Å². The first-order valence-corrected chi connectivity index (χ1v) is 7.16. The number of hydrogen-bond acceptors (Lipinski definition) is 3. The first-order valence-electron chi connectivity index (χ1n) is 6.37. The van der Waals surface area contributed by atoms with E-state index in [1.807, 2.05) is 0 Å². The lowest BCUT2D eigenvalue weighted by Crippen LogP contribution is -2.35. The quantitative estimate of drug-likeness (QED) is 0.905. The molecule has 5 nitrogen and oxygen atoms in total. The summed E-state index contributed by atoms with van der Waals surface area (Å²) in [6, 6.07) is 7.17. The monoisotopic (exact) mass is 365 g/mol. The molecular formula is C15H13BrFN3O2. The van der Waals surface area contributed by atoms with Crippen molar-refractivity contribution >= 4 is 33.4 Å². The number of halogens is 2. The maximum Gasteiger partial charge on any atom is 0.255 e. The molecule has 0 aliphatic carbocycles. The smallest absolute Gasteiger partial charge is 0.255 e. The van der Waals surface area contributed by atoms with Gasteiger partial charge in [-0.3, -0.25) is 14.6 Å². The summed E-state index contributed by atoms with van der Waals surface area (Å²) < 4.78 is 13.7. The van der Waals surface area contributed by atoms with Gasteiger partial charge in [-0.2, -0.15) is 0 Å². The second-order valence-electron chi connectivity index (χ2n) is 4.61. The molecule has 1 N–H and O–H groups in total. The van der Waals surface area contributed by atoms with E-state index in [0.29, 0.717) is 15.7 Å². The Hall–Kier alpha value is -2.28. The first-order chi connectivity index (χ1) is 10.5. The summed E-state index contributed by atoms with van der Waals surface area (Å²) in [4.78, 5) is 29.2. The lowest BCUT2D eigenvalue weighted by molar-refractivity contribution is -0.116. The van der Waals surface area contributed by atoms with Crippen LogP contribution in [0.15, 0.2) is 47.2 Å². The number of rotatable bonds is 4. The van der Waals surface area contributed by atoms with E-state index < -0.39 is 11.7 Å². The van der Waals surface area contributed by atoms with Gasteiger partial charge in [0.1, 0.15) is 5.82 Å². The number of hydrogen-bond donors (Lipinski definition) is 1. The predicted molar refractivity (Wildman–Crippen MR) is 83.9 cm³/mol. The Morgan fingerprint density at radius 1 is 1.32 bits per heavy atom. The molecule has 0 bridgehead atoms. The second kappa shape index (κ2) is 7.13. The number of likely N-dealkylation sites (N-methyl/N-ethyl adjacent to an activating group) is 1. The van der Waals surface area contributed by atoms with Crippen molar-refractivity contribution in [2.75, 3.05) is 18.9 Å². The predicted octanol–water partition coefficient (Wildman–Crippen LogP) is 2.69. The standard InChI is InChI=1S/C15H13BrFN3O2/c1-20(15(22)10-5-11(16)8-18-7-10)9-14(21)19-13-4-2-3-12(17)6-13/h2-8H,9H2,1H3,(H,19,21). The summed E-state index contributed by atoms with van der Waals surface area (Å²) in [7, 11) is 1.51. The van der Waals surface area contributed by atoms with Crippen molar-refractivity contribution in [2.45, 2.75) is 0 Å². The van der Waals surface area contributed by atoms with Crippen LogP contribution in [0.5, 0.6) is 0 Å². The van der Waals surface area contributed by atoms with Gasteiger partial charge in [0, 0.05) is 29.6 Å². The third-order valence-electron chi connectivity index (χ3n) is 2.79. The molecule has 1 heterocycles. The Labute approximate surface area is 135 Å². The average molecular weight is 366 g/mol. The highest BCUT2D eigenvalue weighted by molar-refractivity contribution is 9.10. The van der Waals surface area contributed by atoms with Gasteiger partial charge in [0.25, 0.3) is 5.91 Å². The molecule has 0 fully saturated rings. The van der Waals surface area contributed by atoms with Crippen molar-refractivity contribution in [3.05, 3.63) is 58.6 Å². The molecule has 0 atom stereocenters. The van der Waals surface area contributed by atoms with Gasteiger partial charge in [0.05, 0.1) is 12.1 Å². The molecule has 7 heteroatoms. The van der Waals surface area contributed by atoms with E-state index in [0.717, 1.165) is 0 Å². The van der Waals surface area contributed by atoms with E-state index >= 15 is 0 Å². The Kier molecular flexibility index (Phi) is 5.21. The van der Waals surface area contributed by atoms with Crippen LogP contribution in [0.2, 0.25) is 0 Å². The highest BCUT2D eigenvalue weighted by atomic mass is 79.9. The van der Waals surface area contributed by atoms with Gasteiger partial charge in [0.2, 0.25) is 5.91 Å². The van der Waals surface area contributed by atoms with Crippen LogP contribution in [-0.2, 0) is 4.79 Å². The summed E-state index contributed by atoms with van der Waals surface area (Å²) in [6.07, 6.45) is 2.99. The first kappa shape index (κ1) is 16.1. The van der Waals surface area contributed by atoms with Gasteiger partial charge in [-0.1, -0.05) is 6.07 Å². The molecule has 0 saturated heterocycles. The zero-order valence-corrected chi connectivity index (χ0v) is 13.3. The molecule has 0 aliphatic heterocycles. The fraction of sp³-hybridized carbons (Fsp3) is 0.133. The number of amides is 2. The number of aromatic nitrogens is 1. The number of carbonyl (C=O) groups is 2. The third-order valence-corrected chi connectivity index (χ3v) is 3.22. The molecule has 2 amide bonds. The number of pyridine rings is 1. The molecule has 0 spiro atoms. The number of nitrogens with zero attached hydrogens (tertiary/aromatic N) is 2. The number of carbonyl (C=O) groups excluding carboxylic acids is 2. The van der Waals surface area contributed by atoms with Gasteiger partial charge in [0.15, 0.2) is 0 Å². The Bertz CT molecular complexity index is 709. The summed E-state index contributed by atoms with van der Waals surface area (Å²) >= 11 is 3.23. The maximum absolute atomic E-state index is 13.0. The van der Waals surface area contributed by atoms with Crippen LogP contribution in [0.25, 0.3) is 0 Å². The molecule has 0 saturated carbocycles. The summed E-state index contributed by atoms with van der Waals surface area (Å²) in [5, 5.41) is 2.53. The minimum Gasteiger partial charge on any atom is -0.332 e. The van der Waals surface area contributed by atoms with Crippen LogP contribution in [-0.4, -0.2) is 35.3 Å². The second-order valence-corrected chi connectivity index (χ2v) is 5.53. The van der Waals surface area contributed by atoms with E-state index in [4.69, 9.17) is 0 Å². The van der Waals surface area contributed by atoms with Gasteiger partial charge < -0.3 is 10.2 Å². The fourth-order valence-corrected chi connectivity index (χ4v) is 2.17. The zero-order valence-electron chi connectivity index (χ0n) is 11.7. The minimum absolute atomic E-state index is 0.151. The zero-order chi connectivity index (χ0) is 16.1. The number of nitrogens with one attached hydrogen (secondary N) is 1. The molecule has 22 heavy (non-hydrogen) atoms. The molecule has 0 radical (unpaired) electrons. The maximum atomic E-state index is 13.0. The molecule has 2 aromatic rings. The van der Waals surface area contributed by atoms with E-state index in [1.54, 1.807) is 18.3 Å². The van der Waals surface area contributed by atoms with E-state index in [1.165, 1.54) is 36.3 Å². The minimum atomic E-state index is -0.442. The largest absolute Gasteiger partial charge is 0.332 e. The van der Waals surface area contributed by atoms with Crippen LogP contribution >= 0.6 is 15.9 Å². The van der Waals surface area contributed by atoms with E-state index in [2.05, 4.69) is 26.2 Å². The molecule has 2 rings (SSSR count). The molecule has 1 aromatic heterocycles. The van der Waals surface area contributed by atoms with Crippen LogP contribution in [0.3, 0.4) is 0 Å². The molecule has 0 unspecified atom stereocenters.